The lowest BCUT2D eigenvalue weighted by molar-refractivity contribution is -0.115. The third-order valence-electron chi connectivity index (χ3n) is 8.47. The Morgan fingerprint density at radius 1 is 1.10 bits per heavy atom. The van der Waals surface area contributed by atoms with Crippen LogP contribution in [-0.2, 0) is 4.79 Å². The second kappa shape index (κ2) is 19.2. The molecule has 0 radical (unpaired) electrons. The van der Waals surface area contributed by atoms with E-state index in [2.05, 4.69) is 75.2 Å². The molecular formula is C34H59F2N5O. The molecule has 1 heterocycles. The van der Waals surface area contributed by atoms with Gasteiger partial charge in [-0.2, -0.15) is 0 Å². The van der Waals surface area contributed by atoms with Gasteiger partial charge in [0.25, 0.3) is 0 Å². The average Bonchev–Trinajstić information content (AvgIpc) is 2.91. The first-order valence-corrected chi connectivity index (χ1v) is 16.0. The van der Waals surface area contributed by atoms with E-state index in [4.69, 9.17) is 10.8 Å². The molecule has 3 rings (SSSR count). The minimum atomic E-state index is -2.50. The average molecular weight is 592 g/mol. The quantitative estimate of drug-likeness (QED) is 0.137. The number of halogens is 2. The third kappa shape index (κ3) is 13.4. The van der Waals surface area contributed by atoms with Crippen molar-refractivity contribution in [2.24, 2.45) is 11.8 Å². The van der Waals surface area contributed by atoms with Gasteiger partial charge in [0.15, 0.2) is 0 Å². The molecule has 42 heavy (non-hydrogen) atoms. The van der Waals surface area contributed by atoms with Crippen LogP contribution in [0.25, 0.3) is 0 Å². The standard InChI is InChI=1S/C21H35N5.C7H10F2O.C6H14/c1-15-13-20(14-16(2)26(17(3)22)18(4)23)25(15)12-11-21(24-5)19-9-7-6-8-10-19;8-7(9)3-1-6(5-10)2-4-7;1-4-5-6(2)3/h6-10,15-16,20-24H,11-14H2,1-5H3;5-6H,1-4H2;6H,4-5H2,1-3H3. The molecule has 1 saturated heterocycles. The first-order valence-electron chi connectivity index (χ1n) is 16.0. The summed E-state index contributed by atoms with van der Waals surface area (Å²) in [4.78, 5) is 14.6. The maximum absolute atomic E-state index is 12.4. The van der Waals surface area contributed by atoms with Crippen LogP contribution in [0.2, 0.25) is 0 Å². The zero-order valence-electron chi connectivity index (χ0n) is 27.6. The number of nitrogens with one attached hydrogen (secondary N) is 3. The van der Waals surface area contributed by atoms with Crippen LogP contribution in [0.15, 0.2) is 30.3 Å². The van der Waals surface area contributed by atoms with Gasteiger partial charge < -0.3 is 15.0 Å². The lowest BCUT2D eigenvalue weighted by Crippen LogP contribution is -2.57. The Labute approximate surface area is 255 Å². The van der Waals surface area contributed by atoms with Gasteiger partial charge in [0, 0.05) is 49.5 Å². The Morgan fingerprint density at radius 2 is 1.67 bits per heavy atom. The molecule has 1 saturated carbocycles. The van der Waals surface area contributed by atoms with Gasteiger partial charge in [-0.15, -0.1) is 0 Å². The molecule has 1 aliphatic carbocycles. The molecule has 1 aliphatic heterocycles. The molecule has 1 aromatic carbocycles. The van der Waals surface area contributed by atoms with E-state index in [9.17, 15) is 13.6 Å². The van der Waals surface area contributed by atoms with Gasteiger partial charge in [-0.1, -0.05) is 63.9 Å². The maximum Gasteiger partial charge on any atom is 0.248 e. The highest BCUT2D eigenvalue weighted by molar-refractivity contribution is 5.96. The van der Waals surface area contributed by atoms with Crippen molar-refractivity contribution in [3.63, 3.8) is 0 Å². The number of amidine groups is 2. The van der Waals surface area contributed by atoms with Crippen LogP contribution in [0.5, 0.6) is 0 Å². The number of likely N-dealkylation sites (tertiary alicyclic amines) is 1. The largest absolute Gasteiger partial charge is 0.317 e. The van der Waals surface area contributed by atoms with Crippen molar-refractivity contribution in [2.45, 2.75) is 136 Å². The normalized spacial score (nSPS) is 21.5. The van der Waals surface area contributed by atoms with Gasteiger partial charge in [0.05, 0.1) is 11.7 Å². The molecule has 2 aliphatic rings. The minimum absolute atomic E-state index is 0.111. The van der Waals surface area contributed by atoms with E-state index in [1.165, 1.54) is 24.8 Å². The van der Waals surface area contributed by atoms with Crippen LogP contribution < -0.4 is 5.32 Å². The monoisotopic (exact) mass is 591 g/mol. The Bertz CT molecular complexity index is 902. The fraction of sp³-hybridized carbons (Fsp3) is 0.735. The zero-order chi connectivity index (χ0) is 31.9. The minimum Gasteiger partial charge on any atom is -0.317 e. The van der Waals surface area contributed by atoms with Crippen LogP contribution in [-0.4, -0.2) is 65.4 Å². The lowest BCUT2D eigenvalue weighted by atomic mass is 9.88. The second-order valence-corrected chi connectivity index (χ2v) is 12.7. The smallest absolute Gasteiger partial charge is 0.248 e. The number of aldehydes is 1. The van der Waals surface area contributed by atoms with Crippen molar-refractivity contribution >= 4 is 18.0 Å². The second-order valence-electron chi connectivity index (χ2n) is 12.7. The van der Waals surface area contributed by atoms with Gasteiger partial charge >= 0.3 is 0 Å². The van der Waals surface area contributed by atoms with E-state index in [0.29, 0.717) is 42.6 Å². The number of rotatable bonds is 11. The number of carbonyl (C=O) groups excluding carboxylic acids is 1. The molecule has 0 spiro atoms. The molecule has 8 heteroatoms. The predicted molar refractivity (Wildman–Crippen MR) is 173 cm³/mol. The topological polar surface area (TPSA) is 83.3 Å². The van der Waals surface area contributed by atoms with Crippen molar-refractivity contribution in [3.8, 4) is 0 Å². The summed E-state index contributed by atoms with van der Waals surface area (Å²) in [5.41, 5.74) is 1.35. The van der Waals surface area contributed by atoms with E-state index in [1.807, 2.05) is 11.9 Å². The SMILES string of the molecule is CCCC(C)C.CNC(CCN1C(C)CC1CC(C)N(C(C)=N)C(C)=N)c1ccccc1.O=CC1CCC(F)(F)CC1. The number of hydrogen-bond acceptors (Lipinski definition) is 5. The molecule has 0 amide bonds. The van der Waals surface area contributed by atoms with Crippen LogP contribution in [0.3, 0.4) is 0 Å². The number of nitrogens with zero attached hydrogens (tertiary/aromatic N) is 2. The number of hydrogen-bond donors (Lipinski definition) is 3. The van der Waals surface area contributed by atoms with Crippen molar-refractivity contribution in [1.82, 2.24) is 15.1 Å². The van der Waals surface area contributed by atoms with Gasteiger partial charge in [-0.3, -0.25) is 15.7 Å². The molecule has 3 N–H and O–H groups in total. The molecule has 0 bridgehead atoms. The molecule has 240 valence electrons. The van der Waals surface area contributed by atoms with Crippen LogP contribution >= 0.6 is 0 Å². The van der Waals surface area contributed by atoms with Gasteiger partial charge in [-0.05, 0) is 78.3 Å². The summed E-state index contributed by atoms with van der Waals surface area (Å²) in [5.74, 6) is -0.791. The summed E-state index contributed by atoms with van der Waals surface area (Å²) in [7, 11) is 2.04. The molecule has 2 fully saturated rings. The summed E-state index contributed by atoms with van der Waals surface area (Å²) < 4.78 is 24.8. The predicted octanol–water partition coefficient (Wildman–Crippen LogP) is 8.33. The Kier molecular flexibility index (Phi) is 17.3. The summed E-state index contributed by atoms with van der Waals surface area (Å²) >= 11 is 0. The maximum atomic E-state index is 12.4. The van der Waals surface area contributed by atoms with E-state index in [-0.39, 0.29) is 24.8 Å². The van der Waals surface area contributed by atoms with Crippen LogP contribution in [0, 0.1) is 22.7 Å². The molecular weight excluding hydrogens is 532 g/mol. The molecule has 4 atom stereocenters. The first kappa shape index (κ1) is 37.8. The fourth-order valence-electron chi connectivity index (χ4n) is 6.15. The zero-order valence-corrected chi connectivity index (χ0v) is 27.6. The van der Waals surface area contributed by atoms with E-state index >= 15 is 0 Å². The molecule has 6 nitrogen and oxygen atoms in total. The van der Waals surface area contributed by atoms with Crippen molar-refractivity contribution < 1.29 is 13.6 Å². The highest BCUT2D eigenvalue weighted by Crippen LogP contribution is 2.35. The first-order chi connectivity index (χ1) is 19.8. The summed E-state index contributed by atoms with van der Waals surface area (Å²) in [6.45, 7) is 15.8. The van der Waals surface area contributed by atoms with E-state index in [0.717, 1.165) is 31.6 Å². The van der Waals surface area contributed by atoms with E-state index in [1.54, 1.807) is 13.8 Å². The number of benzene rings is 1. The van der Waals surface area contributed by atoms with Gasteiger partial charge in [0.2, 0.25) is 5.92 Å². The van der Waals surface area contributed by atoms with Gasteiger partial charge in [-0.25, -0.2) is 8.78 Å². The summed E-state index contributed by atoms with van der Waals surface area (Å²) in [6, 6.07) is 12.4. The third-order valence-corrected chi connectivity index (χ3v) is 8.47. The number of carbonyl (C=O) groups is 1. The Balaban J connectivity index is 0.000000449. The van der Waals surface area contributed by atoms with Crippen LogP contribution in [0.1, 0.15) is 118 Å². The molecule has 0 aromatic heterocycles. The highest BCUT2D eigenvalue weighted by Gasteiger charge is 2.37. The van der Waals surface area contributed by atoms with Crippen molar-refractivity contribution in [3.05, 3.63) is 35.9 Å². The molecule has 1 aromatic rings. The fourth-order valence-corrected chi connectivity index (χ4v) is 6.15. The van der Waals surface area contributed by atoms with Crippen molar-refractivity contribution in [2.75, 3.05) is 13.6 Å². The van der Waals surface area contributed by atoms with Crippen molar-refractivity contribution in [1.29, 1.82) is 10.8 Å². The summed E-state index contributed by atoms with van der Waals surface area (Å²) in [6.07, 6.45) is 7.29. The molecule has 4 unspecified atom stereocenters. The highest BCUT2D eigenvalue weighted by atomic mass is 19.3. The Hall–Kier alpha value is -2.19. The number of alkyl halides is 2. The van der Waals surface area contributed by atoms with Crippen LogP contribution in [0.4, 0.5) is 8.78 Å². The Morgan fingerprint density at radius 3 is 2.07 bits per heavy atom. The summed E-state index contributed by atoms with van der Waals surface area (Å²) in [5, 5.41) is 19.3. The lowest BCUT2D eigenvalue weighted by Gasteiger charge is -2.49. The van der Waals surface area contributed by atoms with Gasteiger partial charge in [0.1, 0.15) is 6.29 Å². The van der Waals surface area contributed by atoms with E-state index < -0.39 is 5.92 Å².